The van der Waals surface area contributed by atoms with Crippen molar-refractivity contribution < 1.29 is 26.0 Å². The van der Waals surface area contributed by atoms with Gasteiger partial charge in [-0.3, -0.25) is 14.8 Å². The van der Waals surface area contributed by atoms with E-state index < -0.39 is 16.1 Å². The van der Waals surface area contributed by atoms with Gasteiger partial charge in [0.2, 0.25) is 5.91 Å². The molecule has 1 saturated heterocycles. The summed E-state index contributed by atoms with van der Waals surface area (Å²) < 4.78 is 26.8. The number of benzene rings is 2. The average molecular weight is 499 g/mol. The summed E-state index contributed by atoms with van der Waals surface area (Å²) in [6.45, 7) is 0.683. The minimum atomic E-state index is -3.64. The molecule has 1 aromatic heterocycles. The van der Waals surface area contributed by atoms with Gasteiger partial charge in [-0.25, -0.2) is 18.2 Å². The van der Waals surface area contributed by atoms with E-state index in [1.807, 2.05) is 0 Å². The predicted molar refractivity (Wildman–Crippen MR) is 128 cm³/mol. The summed E-state index contributed by atoms with van der Waals surface area (Å²) in [4.78, 5) is 27.5. The lowest BCUT2D eigenvalue weighted by Gasteiger charge is -2.16. The fraction of sp³-hybridized carbons (Fsp3) is 0.150. The Morgan fingerprint density at radius 3 is 2.47 bits per heavy atom. The van der Waals surface area contributed by atoms with Gasteiger partial charge in [0.15, 0.2) is 5.13 Å². The number of halogens is 1. The second-order valence-electron chi connectivity index (χ2n) is 6.50. The van der Waals surface area contributed by atoms with Crippen LogP contribution in [0.3, 0.4) is 0 Å². The highest BCUT2D eigenvalue weighted by Crippen LogP contribution is 2.24. The second-order valence-corrected chi connectivity index (χ2v) is 9.48. The standard InChI is InChI=1S/C13H13N3O3S2.C7H6ClNO2.2H2/c17-12-2-1-8-16(12)10-3-5-11(6-4-10)21(18,19)15-13-14-7-9-20-13;8-5-3-1-2-4-6(5)9-7(10)11;;/h3-7,9H,1-2,8H2,(H,14,15);1-4,9H,(H,10,11);2*1H. The number of aromatic nitrogens is 1. The van der Waals surface area contributed by atoms with Crippen LogP contribution in [0.5, 0.6) is 0 Å². The molecule has 172 valence electrons. The molecule has 1 aliphatic rings. The van der Waals surface area contributed by atoms with Gasteiger partial charge >= 0.3 is 6.09 Å². The van der Waals surface area contributed by atoms with Crippen LogP contribution in [0.25, 0.3) is 0 Å². The van der Waals surface area contributed by atoms with Crippen LogP contribution in [-0.4, -0.2) is 37.1 Å². The molecular formula is C20H23ClN4O5S2. The number of hydrogen-bond donors (Lipinski definition) is 3. The lowest BCUT2D eigenvalue weighted by atomic mass is 10.3. The molecule has 0 spiro atoms. The zero-order valence-corrected chi connectivity index (χ0v) is 19.0. The topological polar surface area (TPSA) is 129 Å². The molecule has 0 atom stereocenters. The maximum absolute atomic E-state index is 12.2. The van der Waals surface area contributed by atoms with Crippen LogP contribution < -0.4 is 14.9 Å². The molecule has 0 aliphatic carbocycles. The lowest BCUT2D eigenvalue weighted by molar-refractivity contribution is -0.117. The number of nitrogens with zero attached hydrogens (tertiary/aromatic N) is 2. The molecule has 2 heterocycles. The van der Waals surface area contributed by atoms with Crippen LogP contribution in [0.15, 0.2) is 65.0 Å². The first-order chi connectivity index (χ1) is 15.3. The van der Waals surface area contributed by atoms with Crippen molar-refractivity contribution >= 4 is 61.5 Å². The highest BCUT2D eigenvalue weighted by atomic mass is 35.5. The fourth-order valence-corrected chi connectivity index (χ4v) is 4.82. The van der Waals surface area contributed by atoms with Crippen LogP contribution in [0, 0.1) is 0 Å². The smallest absolute Gasteiger partial charge is 0.409 e. The summed E-state index contributed by atoms with van der Waals surface area (Å²) in [6, 6.07) is 12.9. The minimum absolute atomic E-state index is 0. The average Bonchev–Trinajstić information content (AvgIpc) is 3.41. The highest BCUT2D eigenvalue weighted by Gasteiger charge is 2.22. The summed E-state index contributed by atoms with van der Waals surface area (Å²) in [6.07, 6.45) is 1.80. The number of carboxylic acid groups (broad SMARTS) is 1. The molecule has 2 aromatic carbocycles. The van der Waals surface area contributed by atoms with Crippen LogP contribution in [0.2, 0.25) is 5.02 Å². The zero-order chi connectivity index (χ0) is 23.1. The van der Waals surface area contributed by atoms with Crippen LogP contribution in [0.1, 0.15) is 15.7 Å². The van der Waals surface area contributed by atoms with Gasteiger partial charge in [-0.05, 0) is 42.8 Å². The van der Waals surface area contributed by atoms with Gasteiger partial charge in [0, 0.05) is 33.1 Å². The largest absolute Gasteiger partial charge is 0.465 e. The van der Waals surface area contributed by atoms with Crippen molar-refractivity contribution in [2.75, 3.05) is 21.5 Å². The number of para-hydroxylation sites is 1. The highest BCUT2D eigenvalue weighted by molar-refractivity contribution is 7.93. The Balaban J connectivity index is 0.000000382. The molecular weight excluding hydrogens is 476 g/mol. The number of amides is 2. The van der Waals surface area contributed by atoms with E-state index in [2.05, 4.69) is 15.0 Å². The van der Waals surface area contributed by atoms with E-state index in [0.29, 0.717) is 28.8 Å². The maximum Gasteiger partial charge on any atom is 0.409 e. The Labute approximate surface area is 196 Å². The van der Waals surface area contributed by atoms with Crippen molar-refractivity contribution in [1.29, 1.82) is 0 Å². The Morgan fingerprint density at radius 1 is 1.19 bits per heavy atom. The number of sulfonamides is 1. The van der Waals surface area contributed by atoms with E-state index in [1.165, 1.54) is 29.7 Å². The Morgan fingerprint density at radius 2 is 1.91 bits per heavy atom. The van der Waals surface area contributed by atoms with E-state index in [0.717, 1.165) is 12.1 Å². The SMILES string of the molecule is O=C(O)Nc1ccccc1Cl.O=C1CCCN1c1ccc(S(=O)(=O)Nc2nccs2)cc1.[HH].[HH]. The second kappa shape index (κ2) is 10.4. The van der Waals surface area contributed by atoms with Crippen LogP contribution in [0.4, 0.5) is 21.3 Å². The molecule has 1 fully saturated rings. The number of hydrogen-bond acceptors (Lipinski definition) is 6. The first kappa shape index (κ1) is 23.5. The van der Waals surface area contributed by atoms with Crippen LogP contribution in [-0.2, 0) is 14.8 Å². The van der Waals surface area contributed by atoms with Crippen LogP contribution >= 0.6 is 22.9 Å². The van der Waals surface area contributed by atoms with Crippen molar-refractivity contribution in [2.24, 2.45) is 0 Å². The number of carbonyl (C=O) groups is 2. The van der Waals surface area contributed by atoms with Gasteiger partial charge in [-0.2, -0.15) is 0 Å². The van der Waals surface area contributed by atoms with Gasteiger partial charge in [0.1, 0.15) is 0 Å². The van der Waals surface area contributed by atoms with E-state index in [4.69, 9.17) is 16.7 Å². The summed E-state index contributed by atoms with van der Waals surface area (Å²) in [5, 5.41) is 12.9. The van der Waals surface area contributed by atoms with Gasteiger partial charge in [0.25, 0.3) is 10.0 Å². The monoisotopic (exact) mass is 498 g/mol. The van der Waals surface area contributed by atoms with Gasteiger partial charge in [-0.15, -0.1) is 11.3 Å². The number of nitrogens with one attached hydrogen (secondary N) is 2. The molecule has 32 heavy (non-hydrogen) atoms. The summed E-state index contributed by atoms with van der Waals surface area (Å²) >= 11 is 6.86. The first-order valence-corrected chi connectivity index (χ1v) is 12.1. The Kier molecular flexibility index (Phi) is 7.67. The molecule has 4 rings (SSSR count). The van der Waals surface area contributed by atoms with Crippen molar-refractivity contribution in [2.45, 2.75) is 17.7 Å². The number of thiazole rings is 1. The third-order valence-electron chi connectivity index (χ3n) is 4.30. The summed E-state index contributed by atoms with van der Waals surface area (Å²) in [5.74, 6) is 0.0755. The zero-order valence-electron chi connectivity index (χ0n) is 16.6. The minimum Gasteiger partial charge on any atom is -0.465 e. The predicted octanol–water partition coefficient (Wildman–Crippen LogP) is 4.99. The van der Waals surface area contributed by atoms with E-state index in [-0.39, 0.29) is 13.7 Å². The van der Waals surface area contributed by atoms with Crippen molar-refractivity contribution in [3.8, 4) is 0 Å². The molecule has 0 bridgehead atoms. The Hall–Kier alpha value is -3.15. The number of carbonyl (C=O) groups excluding carboxylic acids is 1. The molecule has 9 nitrogen and oxygen atoms in total. The fourth-order valence-electron chi connectivity index (χ4n) is 2.85. The normalized spacial score (nSPS) is 13.3. The summed E-state index contributed by atoms with van der Waals surface area (Å²) in [7, 11) is -3.64. The molecule has 2 amide bonds. The number of rotatable bonds is 5. The van der Waals surface area contributed by atoms with Crippen molar-refractivity contribution in [3.63, 3.8) is 0 Å². The third-order valence-corrected chi connectivity index (χ3v) is 6.80. The molecule has 3 N–H and O–H groups in total. The first-order valence-electron chi connectivity index (χ1n) is 9.33. The number of anilines is 3. The van der Waals surface area contributed by atoms with E-state index in [9.17, 15) is 18.0 Å². The molecule has 0 saturated carbocycles. The molecule has 3 aromatic rings. The molecule has 0 radical (unpaired) electrons. The quantitative estimate of drug-likeness (QED) is 0.454. The lowest BCUT2D eigenvalue weighted by Crippen LogP contribution is -2.23. The maximum atomic E-state index is 12.2. The van der Waals surface area contributed by atoms with Gasteiger partial charge < -0.3 is 10.0 Å². The molecule has 12 heteroatoms. The molecule has 0 unspecified atom stereocenters. The third kappa shape index (κ3) is 6.19. The van der Waals surface area contributed by atoms with Crippen molar-refractivity contribution in [1.82, 2.24) is 4.98 Å². The Bertz CT molecular complexity index is 1200. The van der Waals surface area contributed by atoms with E-state index >= 15 is 0 Å². The molecule has 1 aliphatic heterocycles. The van der Waals surface area contributed by atoms with Gasteiger partial charge in [-0.1, -0.05) is 23.7 Å². The van der Waals surface area contributed by atoms with E-state index in [1.54, 1.807) is 46.7 Å². The van der Waals surface area contributed by atoms with Gasteiger partial charge in [0.05, 0.1) is 15.6 Å². The van der Waals surface area contributed by atoms with Crippen molar-refractivity contribution in [3.05, 3.63) is 65.1 Å². The summed E-state index contributed by atoms with van der Waals surface area (Å²) in [5.41, 5.74) is 1.13.